The van der Waals surface area contributed by atoms with E-state index in [1.807, 2.05) is 24.1 Å². The van der Waals surface area contributed by atoms with E-state index >= 15 is 0 Å². The van der Waals surface area contributed by atoms with Gasteiger partial charge in [0.25, 0.3) is 0 Å². The number of hydrogen-bond donors (Lipinski definition) is 0. The van der Waals surface area contributed by atoms with Gasteiger partial charge in [0.1, 0.15) is 0 Å². The summed E-state index contributed by atoms with van der Waals surface area (Å²) in [6, 6.07) is 43.0. The Morgan fingerprint density at radius 2 is 0.850 bits per heavy atom. The summed E-state index contributed by atoms with van der Waals surface area (Å²) in [5, 5.41) is 0. The quantitative estimate of drug-likeness (QED) is 0.275. The topological polar surface area (TPSA) is 23.6 Å². The Kier molecular flexibility index (Phi) is 7.67. The minimum absolute atomic E-state index is 0.00829. The van der Waals surface area contributed by atoms with Crippen molar-refractivity contribution in [3.05, 3.63) is 156 Å². The maximum Gasteiger partial charge on any atom is 0.223 e. The van der Waals surface area contributed by atoms with Crippen molar-refractivity contribution in [2.45, 2.75) is 49.6 Å². The first-order valence-electron chi connectivity index (χ1n) is 14.2. The molecule has 204 valence electrons. The van der Waals surface area contributed by atoms with Crippen LogP contribution in [-0.2, 0) is 15.6 Å². The summed E-state index contributed by atoms with van der Waals surface area (Å²) in [5.41, 5.74) is 6.18. The fourth-order valence-electron chi connectivity index (χ4n) is 6.90. The highest BCUT2D eigenvalue weighted by Gasteiger charge is 2.50. The Morgan fingerprint density at radius 3 is 1.10 bits per heavy atom. The first kappa shape index (κ1) is 27.5. The summed E-state index contributed by atoms with van der Waals surface area (Å²) in [6.07, 6.45) is 1.53. The van der Waals surface area contributed by atoms with E-state index in [-0.39, 0.29) is 22.8 Å². The zero-order valence-electron chi connectivity index (χ0n) is 24.1. The molecule has 2 aliphatic rings. The number of allylic oxidation sites excluding steroid dienone is 1. The first-order valence-corrected chi connectivity index (χ1v) is 14.2. The van der Waals surface area contributed by atoms with E-state index < -0.39 is 0 Å². The largest absolute Gasteiger partial charge is 0.374 e. The van der Waals surface area contributed by atoms with Crippen molar-refractivity contribution in [1.29, 1.82) is 0 Å². The lowest BCUT2D eigenvalue weighted by molar-refractivity contribution is -0.127. The number of rotatable bonds is 4. The minimum atomic E-state index is -0.242. The molecule has 2 heterocycles. The zero-order chi connectivity index (χ0) is 28.3. The van der Waals surface area contributed by atoms with Gasteiger partial charge in [0.2, 0.25) is 5.91 Å². The molecule has 2 aliphatic heterocycles. The third-order valence-corrected chi connectivity index (χ3v) is 9.55. The van der Waals surface area contributed by atoms with Gasteiger partial charge in [-0.15, -0.1) is 0 Å². The molecule has 2 atom stereocenters. The molecule has 4 aromatic carbocycles. The molecule has 2 unspecified atom stereocenters. The maximum absolute atomic E-state index is 12.3. The van der Waals surface area contributed by atoms with E-state index in [1.54, 1.807) is 0 Å². The van der Waals surface area contributed by atoms with Crippen LogP contribution in [0.5, 0.6) is 0 Å². The molecule has 0 aliphatic carbocycles. The van der Waals surface area contributed by atoms with Gasteiger partial charge >= 0.3 is 0 Å². The van der Waals surface area contributed by atoms with Crippen LogP contribution < -0.4 is 0 Å². The first-order chi connectivity index (χ1) is 19.3. The Morgan fingerprint density at radius 1 is 0.550 bits per heavy atom. The van der Waals surface area contributed by atoms with Gasteiger partial charge in [-0.1, -0.05) is 128 Å². The number of likely N-dealkylation sites (tertiary alicyclic amines) is 2. The van der Waals surface area contributed by atoms with Gasteiger partial charge in [0.05, 0.1) is 0 Å². The van der Waals surface area contributed by atoms with Crippen molar-refractivity contribution < 1.29 is 4.79 Å². The summed E-state index contributed by atoms with van der Waals surface area (Å²) in [5.74, 6) is 0.213. The van der Waals surface area contributed by atoms with Crippen molar-refractivity contribution in [2.75, 3.05) is 14.1 Å². The highest BCUT2D eigenvalue weighted by atomic mass is 16.2. The number of carbonyl (C=O) groups is 1. The lowest BCUT2D eigenvalue weighted by Crippen LogP contribution is -2.40. The van der Waals surface area contributed by atoms with Crippen LogP contribution in [0, 0.1) is 0 Å². The second-order valence-corrected chi connectivity index (χ2v) is 11.3. The third kappa shape index (κ3) is 4.54. The van der Waals surface area contributed by atoms with Gasteiger partial charge in [-0.2, -0.15) is 0 Å². The molecule has 0 spiro atoms. The molecule has 4 aromatic rings. The van der Waals surface area contributed by atoms with E-state index in [4.69, 9.17) is 0 Å². The van der Waals surface area contributed by atoms with Crippen LogP contribution in [0.3, 0.4) is 0 Å². The molecule has 0 saturated carbocycles. The lowest BCUT2D eigenvalue weighted by atomic mass is 9.69. The van der Waals surface area contributed by atoms with Crippen molar-refractivity contribution in [2.24, 2.45) is 0 Å². The average molecular weight is 529 g/mol. The van der Waals surface area contributed by atoms with E-state index in [1.165, 1.54) is 28.0 Å². The predicted molar refractivity (Wildman–Crippen MR) is 165 cm³/mol. The van der Waals surface area contributed by atoms with Crippen molar-refractivity contribution >= 4 is 5.91 Å². The summed E-state index contributed by atoms with van der Waals surface area (Å²) >= 11 is 0. The molecule has 0 radical (unpaired) electrons. The molecular formula is C37H40N2O. The molecule has 6 rings (SSSR count). The van der Waals surface area contributed by atoms with Crippen LogP contribution in [0.1, 0.15) is 48.9 Å². The van der Waals surface area contributed by atoms with E-state index in [9.17, 15) is 4.79 Å². The molecule has 40 heavy (non-hydrogen) atoms. The van der Waals surface area contributed by atoms with Crippen molar-refractivity contribution in [1.82, 2.24) is 9.80 Å². The molecule has 2 fully saturated rings. The third-order valence-electron chi connectivity index (χ3n) is 9.55. The van der Waals surface area contributed by atoms with Gasteiger partial charge in [-0.05, 0) is 36.1 Å². The van der Waals surface area contributed by atoms with Gasteiger partial charge in [-0.25, -0.2) is 0 Å². The number of likely N-dealkylation sites (N-methyl/N-ethyl adjacent to an activating group) is 2. The zero-order valence-corrected chi connectivity index (χ0v) is 24.1. The van der Waals surface area contributed by atoms with Gasteiger partial charge in [0.15, 0.2) is 0 Å². The summed E-state index contributed by atoms with van der Waals surface area (Å²) < 4.78 is 0. The Hall–Kier alpha value is -4.11. The molecule has 3 heteroatoms. The van der Waals surface area contributed by atoms with Crippen LogP contribution in [0.2, 0.25) is 0 Å². The monoisotopic (exact) mass is 528 g/mol. The fourth-order valence-corrected chi connectivity index (χ4v) is 6.90. The number of amides is 1. The lowest BCUT2D eigenvalue weighted by Gasteiger charge is -2.36. The molecule has 0 bridgehead atoms. The predicted octanol–water partition coefficient (Wildman–Crippen LogP) is 7.43. The van der Waals surface area contributed by atoms with Crippen LogP contribution in [0.4, 0.5) is 0 Å². The molecular weight excluding hydrogens is 488 g/mol. The van der Waals surface area contributed by atoms with Gasteiger partial charge in [-0.3, -0.25) is 4.79 Å². The standard InChI is InChI=1S/C19H21N.C18H19NO/c1-15-14-19(16(2)20(15)3,17-10-6-4-7-11-17)18-12-8-5-9-13-18;1-14-18(13-17(20)19(14)2,15-9-5-3-6-10-15)16-11-7-4-8-12-16/h4-13,16H,1,14H2,2-3H3;3-12,14H,13H2,1-2H3. The highest BCUT2D eigenvalue weighted by Crippen LogP contribution is 2.48. The Balaban J connectivity index is 0.000000161. The smallest absolute Gasteiger partial charge is 0.223 e. The number of hydrogen-bond acceptors (Lipinski definition) is 2. The Bertz CT molecular complexity index is 1240. The van der Waals surface area contributed by atoms with Gasteiger partial charge in [0, 0.05) is 55.5 Å². The maximum atomic E-state index is 12.3. The van der Waals surface area contributed by atoms with Crippen LogP contribution in [0.15, 0.2) is 134 Å². The number of nitrogens with zero attached hydrogens (tertiary/aromatic N) is 2. The number of carbonyl (C=O) groups excluding carboxylic acids is 1. The van der Waals surface area contributed by atoms with Crippen LogP contribution in [-0.4, -0.2) is 41.9 Å². The second-order valence-electron chi connectivity index (χ2n) is 11.3. The SMILES string of the molecule is C=C1CC(c2ccccc2)(c2ccccc2)C(C)N1C.CC1N(C)C(=O)CC1(c1ccccc1)c1ccccc1. The summed E-state index contributed by atoms with van der Waals surface area (Å²) in [6.45, 7) is 8.71. The molecule has 0 aromatic heterocycles. The minimum Gasteiger partial charge on any atom is -0.374 e. The highest BCUT2D eigenvalue weighted by molar-refractivity contribution is 5.83. The van der Waals surface area contributed by atoms with Crippen molar-refractivity contribution in [3.63, 3.8) is 0 Å². The summed E-state index contributed by atoms with van der Waals surface area (Å²) in [4.78, 5) is 16.5. The Labute approximate surface area is 239 Å². The van der Waals surface area contributed by atoms with Gasteiger partial charge < -0.3 is 9.80 Å². The fraction of sp³-hybridized carbons (Fsp3) is 0.270. The van der Waals surface area contributed by atoms with Crippen LogP contribution in [0.25, 0.3) is 0 Å². The van der Waals surface area contributed by atoms with E-state index in [0.29, 0.717) is 12.5 Å². The normalized spacial score (nSPS) is 21.2. The average Bonchev–Trinajstić information content (AvgIpc) is 3.39. The molecule has 2 saturated heterocycles. The molecule has 1 amide bonds. The number of benzene rings is 4. The van der Waals surface area contributed by atoms with E-state index in [2.05, 4.69) is 142 Å². The molecule has 0 N–H and O–H groups in total. The molecule has 3 nitrogen and oxygen atoms in total. The second kappa shape index (κ2) is 11.2. The summed E-state index contributed by atoms with van der Waals surface area (Å²) in [7, 11) is 4.06. The van der Waals surface area contributed by atoms with Crippen LogP contribution >= 0.6 is 0 Å². The van der Waals surface area contributed by atoms with Crippen molar-refractivity contribution in [3.8, 4) is 0 Å². The van der Waals surface area contributed by atoms with E-state index in [0.717, 1.165) is 6.42 Å².